The first-order chi connectivity index (χ1) is 12.2. The first-order valence-electron chi connectivity index (χ1n) is 9.44. The van der Waals surface area contributed by atoms with E-state index in [0.29, 0.717) is 32.2 Å². The lowest BCUT2D eigenvalue weighted by atomic mass is 9.96. The largest absolute Gasteiger partial charge is 0.368 e. The molecule has 0 aromatic heterocycles. The molecule has 26 heavy (non-hydrogen) atoms. The van der Waals surface area contributed by atoms with Gasteiger partial charge in [-0.05, 0) is 31.1 Å². The van der Waals surface area contributed by atoms with Gasteiger partial charge in [-0.3, -0.25) is 19.2 Å². The molecule has 0 bridgehead atoms. The summed E-state index contributed by atoms with van der Waals surface area (Å²) in [6.07, 6.45) is 2.77. The minimum absolute atomic E-state index is 0.0672. The summed E-state index contributed by atoms with van der Waals surface area (Å²) in [4.78, 5) is 50.4. The van der Waals surface area contributed by atoms with E-state index in [2.05, 4.69) is 10.6 Å². The molecule has 0 radical (unpaired) electrons. The maximum absolute atomic E-state index is 13.0. The Hall–Kier alpha value is -2.12. The topological polar surface area (TPSA) is 122 Å². The van der Waals surface area contributed by atoms with Crippen molar-refractivity contribution >= 4 is 23.6 Å². The summed E-state index contributed by atoms with van der Waals surface area (Å²) in [5, 5.41) is 5.51. The quantitative estimate of drug-likeness (QED) is 0.583. The normalized spacial score (nSPS) is 26.7. The fourth-order valence-corrected chi connectivity index (χ4v) is 3.85. The summed E-state index contributed by atoms with van der Waals surface area (Å²) in [6, 6.07) is -1.94. The van der Waals surface area contributed by atoms with Gasteiger partial charge < -0.3 is 21.3 Å². The van der Waals surface area contributed by atoms with Crippen LogP contribution in [0.1, 0.15) is 52.9 Å². The first-order valence-corrected chi connectivity index (χ1v) is 9.44. The predicted octanol–water partition coefficient (Wildman–Crippen LogP) is -0.0917. The van der Waals surface area contributed by atoms with Gasteiger partial charge in [0, 0.05) is 13.0 Å². The van der Waals surface area contributed by atoms with E-state index >= 15 is 0 Å². The smallest absolute Gasteiger partial charge is 0.245 e. The molecule has 0 aliphatic carbocycles. The van der Waals surface area contributed by atoms with Crippen molar-refractivity contribution in [3.8, 4) is 0 Å². The Bertz CT molecular complexity index is 578. The van der Waals surface area contributed by atoms with Gasteiger partial charge in [0.05, 0.1) is 0 Å². The van der Waals surface area contributed by atoms with E-state index in [1.807, 2.05) is 20.8 Å². The highest BCUT2D eigenvalue weighted by atomic mass is 16.2. The van der Waals surface area contributed by atoms with Gasteiger partial charge in [-0.15, -0.1) is 0 Å². The summed E-state index contributed by atoms with van der Waals surface area (Å²) >= 11 is 0. The summed E-state index contributed by atoms with van der Waals surface area (Å²) < 4.78 is 0. The van der Waals surface area contributed by atoms with Crippen LogP contribution in [0.5, 0.6) is 0 Å². The van der Waals surface area contributed by atoms with Gasteiger partial charge in [0.25, 0.3) is 0 Å². The van der Waals surface area contributed by atoms with E-state index < -0.39 is 24.0 Å². The number of amides is 4. The molecule has 2 rings (SSSR count). The van der Waals surface area contributed by atoms with Crippen molar-refractivity contribution in [1.82, 2.24) is 15.5 Å². The SMILES string of the molecule is CCC1CC(=O)N[C@@H]1C(=O)N[C@@H](CC(C)C)C(=O)N1CCC[C@H]1C(N)=O. The molecule has 2 fully saturated rings. The Balaban J connectivity index is 2.11. The third kappa shape index (κ3) is 4.53. The zero-order chi connectivity index (χ0) is 19.4. The Kier molecular flexibility index (Phi) is 6.61. The third-order valence-electron chi connectivity index (χ3n) is 5.23. The van der Waals surface area contributed by atoms with Crippen molar-refractivity contribution in [2.24, 2.45) is 17.6 Å². The molecule has 1 unspecified atom stereocenters. The van der Waals surface area contributed by atoms with Gasteiger partial charge in [0.2, 0.25) is 23.6 Å². The van der Waals surface area contributed by atoms with Crippen molar-refractivity contribution in [1.29, 1.82) is 0 Å². The molecule has 0 saturated carbocycles. The average molecular weight is 366 g/mol. The Morgan fingerprint density at radius 2 is 2.04 bits per heavy atom. The van der Waals surface area contributed by atoms with Crippen LogP contribution in [0.3, 0.4) is 0 Å². The molecule has 4 amide bonds. The fraction of sp³-hybridized carbons (Fsp3) is 0.778. The van der Waals surface area contributed by atoms with Crippen molar-refractivity contribution < 1.29 is 19.2 Å². The number of carbonyl (C=O) groups is 4. The van der Waals surface area contributed by atoms with Crippen LogP contribution in [0.2, 0.25) is 0 Å². The lowest BCUT2D eigenvalue weighted by molar-refractivity contribution is -0.141. The molecule has 8 heteroatoms. The number of likely N-dealkylation sites (tertiary alicyclic amines) is 1. The number of nitrogens with zero attached hydrogens (tertiary/aromatic N) is 1. The Morgan fingerprint density at radius 3 is 2.62 bits per heavy atom. The maximum Gasteiger partial charge on any atom is 0.245 e. The lowest BCUT2D eigenvalue weighted by Gasteiger charge is -2.29. The summed E-state index contributed by atoms with van der Waals surface area (Å²) in [7, 11) is 0. The van der Waals surface area contributed by atoms with Crippen molar-refractivity contribution in [3.63, 3.8) is 0 Å². The van der Waals surface area contributed by atoms with E-state index in [1.165, 1.54) is 4.90 Å². The molecule has 4 atom stereocenters. The van der Waals surface area contributed by atoms with Gasteiger partial charge >= 0.3 is 0 Å². The van der Waals surface area contributed by atoms with E-state index in [1.54, 1.807) is 0 Å². The van der Waals surface area contributed by atoms with Crippen LogP contribution in [-0.2, 0) is 19.2 Å². The summed E-state index contributed by atoms with van der Waals surface area (Å²) in [5.41, 5.74) is 5.41. The number of hydrogen-bond donors (Lipinski definition) is 3. The molecule has 4 N–H and O–H groups in total. The second-order valence-corrected chi connectivity index (χ2v) is 7.70. The van der Waals surface area contributed by atoms with Crippen molar-refractivity contribution in [2.75, 3.05) is 6.54 Å². The minimum atomic E-state index is -0.725. The number of nitrogens with one attached hydrogen (secondary N) is 2. The van der Waals surface area contributed by atoms with Crippen LogP contribution in [-0.4, -0.2) is 53.2 Å². The van der Waals surface area contributed by atoms with Crippen molar-refractivity contribution in [3.05, 3.63) is 0 Å². The number of hydrogen-bond acceptors (Lipinski definition) is 4. The van der Waals surface area contributed by atoms with Gasteiger partial charge in [-0.25, -0.2) is 0 Å². The molecule has 2 heterocycles. The van der Waals surface area contributed by atoms with E-state index in [-0.39, 0.29) is 29.6 Å². The van der Waals surface area contributed by atoms with E-state index in [4.69, 9.17) is 5.73 Å². The molecule has 8 nitrogen and oxygen atoms in total. The molecule has 0 spiro atoms. The highest BCUT2D eigenvalue weighted by molar-refractivity contribution is 5.95. The second-order valence-electron chi connectivity index (χ2n) is 7.70. The van der Waals surface area contributed by atoms with Crippen LogP contribution < -0.4 is 16.4 Å². The molecule has 2 aliphatic rings. The lowest BCUT2D eigenvalue weighted by Crippen LogP contribution is -2.56. The predicted molar refractivity (Wildman–Crippen MR) is 95.6 cm³/mol. The van der Waals surface area contributed by atoms with Gasteiger partial charge in [-0.1, -0.05) is 27.2 Å². The van der Waals surface area contributed by atoms with Crippen LogP contribution in [0.25, 0.3) is 0 Å². The summed E-state index contributed by atoms with van der Waals surface area (Å²) in [6.45, 7) is 6.33. The molecule has 0 aromatic carbocycles. The number of nitrogens with two attached hydrogens (primary N) is 1. The highest BCUT2D eigenvalue weighted by Crippen LogP contribution is 2.22. The summed E-state index contributed by atoms with van der Waals surface area (Å²) in [5.74, 6) is -1.15. The molecule has 146 valence electrons. The van der Waals surface area contributed by atoms with Crippen LogP contribution in [0.15, 0.2) is 0 Å². The van der Waals surface area contributed by atoms with Gasteiger partial charge in [0.1, 0.15) is 18.1 Å². The minimum Gasteiger partial charge on any atom is -0.368 e. The third-order valence-corrected chi connectivity index (χ3v) is 5.23. The van der Waals surface area contributed by atoms with E-state index in [9.17, 15) is 19.2 Å². The van der Waals surface area contributed by atoms with Crippen LogP contribution >= 0.6 is 0 Å². The highest BCUT2D eigenvalue weighted by Gasteiger charge is 2.40. The molecule has 2 saturated heterocycles. The molecular weight excluding hydrogens is 336 g/mol. The van der Waals surface area contributed by atoms with Crippen LogP contribution in [0.4, 0.5) is 0 Å². The zero-order valence-electron chi connectivity index (χ0n) is 15.8. The zero-order valence-corrected chi connectivity index (χ0v) is 15.8. The number of primary amides is 1. The molecule has 0 aromatic rings. The van der Waals surface area contributed by atoms with Crippen molar-refractivity contribution in [2.45, 2.75) is 71.0 Å². The average Bonchev–Trinajstić information content (AvgIpc) is 3.19. The first kappa shape index (κ1) is 20.2. The van der Waals surface area contributed by atoms with Crippen LogP contribution in [0, 0.1) is 11.8 Å². The van der Waals surface area contributed by atoms with Gasteiger partial charge in [-0.2, -0.15) is 0 Å². The maximum atomic E-state index is 13.0. The Labute approximate surface area is 154 Å². The van der Waals surface area contributed by atoms with E-state index in [0.717, 1.165) is 6.42 Å². The molecule has 2 aliphatic heterocycles. The Morgan fingerprint density at radius 1 is 1.35 bits per heavy atom. The van der Waals surface area contributed by atoms with Gasteiger partial charge in [0.15, 0.2) is 0 Å². The second kappa shape index (κ2) is 8.51. The molecular formula is C18H30N4O4. The number of rotatable bonds is 7. The standard InChI is InChI=1S/C18H30N4O4/c1-4-11-9-14(23)21-15(11)17(25)20-12(8-10(2)3)18(26)22-7-5-6-13(22)16(19)24/h10-13,15H,4-9H2,1-3H3,(H2,19,24)(H,20,25)(H,21,23)/t11?,12-,13-,15-/m0/s1. The monoisotopic (exact) mass is 366 g/mol. The number of carbonyl (C=O) groups excluding carboxylic acids is 4. The fourth-order valence-electron chi connectivity index (χ4n) is 3.85.